The maximum atomic E-state index is 12.3. The molecule has 1 N–H and O–H groups in total. The number of sulfonamides is 1. The summed E-state index contributed by atoms with van der Waals surface area (Å²) in [6, 6.07) is 3.48. The highest BCUT2D eigenvalue weighted by molar-refractivity contribution is 7.91. The first-order chi connectivity index (χ1) is 9.54. The predicted molar refractivity (Wildman–Crippen MR) is 79.2 cm³/mol. The Labute approximate surface area is 124 Å². The molecule has 0 radical (unpaired) electrons. The molecule has 7 heteroatoms. The molecule has 1 saturated heterocycles. The average molecular weight is 316 g/mol. The van der Waals surface area contributed by atoms with Crippen LogP contribution in [0.25, 0.3) is 0 Å². The largest absolute Gasteiger partial charge is 0.353 e. The molecule has 2 heterocycles. The van der Waals surface area contributed by atoms with Gasteiger partial charge in [-0.2, -0.15) is 4.31 Å². The van der Waals surface area contributed by atoms with Gasteiger partial charge in [-0.05, 0) is 30.7 Å². The SMILES string of the molecule is CCCC(=O)NC1CCN(S(=O)(=O)c2cccs2)CC1. The lowest BCUT2D eigenvalue weighted by Gasteiger charge is -2.31. The number of hydrogen-bond donors (Lipinski definition) is 1. The quantitative estimate of drug-likeness (QED) is 0.901. The van der Waals surface area contributed by atoms with Crippen molar-refractivity contribution in [2.24, 2.45) is 0 Å². The number of piperidine rings is 1. The summed E-state index contributed by atoms with van der Waals surface area (Å²) < 4.78 is 26.6. The van der Waals surface area contributed by atoms with E-state index in [2.05, 4.69) is 5.32 Å². The molecule has 0 unspecified atom stereocenters. The van der Waals surface area contributed by atoms with E-state index < -0.39 is 10.0 Å². The molecule has 0 aromatic carbocycles. The van der Waals surface area contributed by atoms with E-state index in [1.807, 2.05) is 6.92 Å². The van der Waals surface area contributed by atoms with Gasteiger partial charge in [-0.25, -0.2) is 8.42 Å². The number of carbonyl (C=O) groups excluding carboxylic acids is 1. The summed E-state index contributed by atoms with van der Waals surface area (Å²) >= 11 is 1.24. The van der Waals surface area contributed by atoms with E-state index >= 15 is 0 Å². The van der Waals surface area contributed by atoms with Crippen molar-refractivity contribution in [3.8, 4) is 0 Å². The first-order valence-electron chi connectivity index (χ1n) is 6.87. The molecule has 1 aliphatic heterocycles. The van der Waals surface area contributed by atoms with Crippen molar-refractivity contribution in [3.05, 3.63) is 17.5 Å². The number of rotatable bonds is 5. The van der Waals surface area contributed by atoms with Crippen molar-refractivity contribution >= 4 is 27.3 Å². The highest BCUT2D eigenvalue weighted by Gasteiger charge is 2.30. The third-order valence-electron chi connectivity index (χ3n) is 3.39. The van der Waals surface area contributed by atoms with Gasteiger partial charge < -0.3 is 5.32 Å². The van der Waals surface area contributed by atoms with Gasteiger partial charge in [0.1, 0.15) is 4.21 Å². The smallest absolute Gasteiger partial charge is 0.252 e. The standard InChI is InChI=1S/C13H20N2O3S2/c1-2-4-12(16)14-11-6-8-15(9-7-11)20(17,18)13-5-3-10-19-13/h3,5,10-11H,2,4,6-9H2,1H3,(H,14,16). The van der Waals surface area contributed by atoms with Gasteiger partial charge in [-0.1, -0.05) is 13.0 Å². The minimum atomic E-state index is -3.34. The van der Waals surface area contributed by atoms with E-state index in [1.165, 1.54) is 15.6 Å². The Hall–Kier alpha value is -0.920. The van der Waals surface area contributed by atoms with Crippen molar-refractivity contribution in [1.82, 2.24) is 9.62 Å². The first-order valence-corrected chi connectivity index (χ1v) is 9.19. The lowest BCUT2D eigenvalue weighted by Crippen LogP contribution is -2.46. The van der Waals surface area contributed by atoms with Crippen molar-refractivity contribution in [1.29, 1.82) is 0 Å². The van der Waals surface area contributed by atoms with Crippen LogP contribution in [0.15, 0.2) is 21.7 Å². The maximum Gasteiger partial charge on any atom is 0.252 e. The van der Waals surface area contributed by atoms with Crippen LogP contribution in [0.1, 0.15) is 32.6 Å². The number of hydrogen-bond acceptors (Lipinski definition) is 4. The molecule has 0 spiro atoms. The van der Waals surface area contributed by atoms with Crippen LogP contribution in [-0.2, 0) is 14.8 Å². The number of carbonyl (C=O) groups is 1. The molecule has 0 saturated carbocycles. The molecular weight excluding hydrogens is 296 g/mol. The Morgan fingerprint density at radius 2 is 2.15 bits per heavy atom. The van der Waals surface area contributed by atoms with Crippen molar-refractivity contribution < 1.29 is 13.2 Å². The van der Waals surface area contributed by atoms with Crippen LogP contribution in [0.3, 0.4) is 0 Å². The molecular formula is C13H20N2O3S2. The van der Waals surface area contributed by atoms with E-state index in [4.69, 9.17) is 0 Å². The monoisotopic (exact) mass is 316 g/mol. The van der Waals surface area contributed by atoms with Crippen LogP contribution in [0.5, 0.6) is 0 Å². The zero-order valence-corrected chi connectivity index (χ0v) is 13.2. The molecule has 2 rings (SSSR count). The predicted octanol–water partition coefficient (Wildman–Crippen LogP) is 1.82. The maximum absolute atomic E-state index is 12.3. The van der Waals surface area contributed by atoms with Crippen LogP contribution in [0.4, 0.5) is 0 Å². The Morgan fingerprint density at radius 1 is 1.45 bits per heavy atom. The molecule has 1 aliphatic rings. The van der Waals surface area contributed by atoms with Crippen molar-refractivity contribution in [2.75, 3.05) is 13.1 Å². The van der Waals surface area contributed by atoms with Crippen LogP contribution in [-0.4, -0.2) is 37.8 Å². The average Bonchev–Trinajstić information content (AvgIpc) is 2.94. The van der Waals surface area contributed by atoms with Crippen molar-refractivity contribution in [2.45, 2.75) is 42.9 Å². The summed E-state index contributed by atoms with van der Waals surface area (Å²) in [4.78, 5) is 11.5. The van der Waals surface area contributed by atoms with Gasteiger partial charge >= 0.3 is 0 Å². The van der Waals surface area contributed by atoms with Gasteiger partial charge in [0.25, 0.3) is 10.0 Å². The van der Waals surface area contributed by atoms with Crippen LogP contribution in [0, 0.1) is 0 Å². The first kappa shape index (κ1) is 15.5. The van der Waals surface area contributed by atoms with Gasteiger partial charge in [0.05, 0.1) is 0 Å². The highest BCUT2D eigenvalue weighted by Crippen LogP contribution is 2.24. The van der Waals surface area contributed by atoms with E-state index in [9.17, 15) is 13.2 Å². The summed E-state index contributed by atoms with van der Waals surface area (Å²) in [6.07, 6.45) is 2.73. The van der Waals surface area contributed by atoms with Gasteiger partial charge in [-0.15, -0.1) is 11.3 Å². The molecule has 1 aromatic rings. The Kier molecular flexibility index (Phi) is 5.17. The van der Waals surface area contributed by atoms with Gasteiger partial charge in [0, 0.05) is 25.6 Å². The number of nitrogens with zero attached hydrogens (tertiary/aromatic N) is 1. The lowest BCUT2D eigenvalue weighted by molar-refractivity contribution is -0.122. The fourth-order valence-corrected chi connectivity index (χ4v) is 4.92. The third kappa shape index (κ3) is 3.59. The molecule has 5 nitrogen and oxygen atoms in total. The summed E-state index contributed by atoms with van der Waals surface area (Å²) in [5.74, 6) is 0.0621. The van der Waals surface area contributed by atoms with E-state index in [-0.39, 0.29) is 11.9 Å². The summed E-state index contributed by atoms with van der Waals surface area (Å²) in [5.41, 5.74) is 0. The van der Waals surface area contributed by atoms with E-state index in [0.717, 1.165) is 6.42 Å². The van der Waals surface area contributed by atoms with Gasteiger partial charge in [0.15, 0.2) is 0 Å². The number of amides is 1. The van der Waals surface area contributed by atoms with E-state index in [0.29, 0.717) is 36.6 Å². The molecule has 0 atom stereocenters. The second kappa shape index (κ2) is 6.69. The molecule has 1 aromatic heterocycles. The highest BCUT2D eigenvalue weighted by atomic mass is 32.2. The van der Waals surface area contributed by atoms with Crippen molar-refractivity contribution in [3.63, 3.8) is 0 Å². The normalized spacial score (nSPS) is 18.1. The topological polar surface area (TPSA) is 66.5 Å². The second-order valence-electron chi connectivity index (χ2n) is 4.93. The molecule has 1 fully saturated rings. The van der Waals surface area contributed by atoms with Crippen LogP contribution < -0.4 is 5.32 Å². The van der Waals surface area contributed by atoms with Gasteiger partial charge in [-0.3, -0.25) is 4.79 Å². The Balaban J connectivity index is 1.90. The minimum Gasteiger partial charge on any atom is -0.353 e. The second-order valence-corrected chi connectivity index (χ2v) is 8.04. The molecule has 1 amide bonds. The van der Waals surface area contributed by atoms with Gasteiger partial charge in [0.2, 0.25) is 5.91 Å². The fraction of sp³-hybridized carbons (Fsp3) is 0.615. The molecule has 20 heavy (non-hydrogen) atoms. The summed E-state index contributed by atoms with van der Waals surface area (Å²) in [6.45, 7) is 2.91. The Bertz CT molecular complexity index is 532. The summed E-state index contributed by atoms with van der Waals surface area (Å²) in [5, 5.41) is 4.74. The molecule has 0 bridgehead atoms. The number of thiophene rings is 1. The zero-order chi connectivity index (χ0) is 14.6. The lowest BCUT2D eigenvalue weighted by atomic mass is 10.1. The van der Waals surface area contributed by atoms with Crippen LogP contribution >= 0.6 is 11.3 Å². The van der Waals surface area contributed by atoms with Crippen LogP contribution in [0.2, 0.25) is 0 Å². The molecule has 112 valence electrons. The fourth-order valence-electron chi connectivity index (χ4n) is 2.30. The summed E-state index contributed by atoms with van der Waals surface area (Å²) in [7, 11) is -3.34. The number of nitrogens with one attached hydrogen (secondary N) is 1. The zero-order valence-electron chi connectivity index (χ0n) is 11.5. The minimum absolute atomic E-state index is 0.0621. The Morgan fingerprint density at radius 3 is 2.70 bits per heavy atom. The van der Waals surface area contributed by atoms with E-state index in [1.54, 1.807) is 17.5 Å². The third-order valence-corrected chi connectivity index (χ3v) is 6.66. The molecule has 0 aliphatic carbocycles.